The minimum absolute atomic E-state index is 0.0636. The standard InChI is InChI=1S/C18H21NO/c20-18-13-15-9-5-2-6-10-16(15)17(19-18)12-11-14-7-3-1-4-8-14/h1,3-4,7-8,13H,2,5-6,9-12H2,(H,19,20). The summed E-state index contributed by atoms with van der Waals surface area (Å²) in [6, 6.07) is 12.3. The van der Waals surface area contributed by atoms with Gasteiger partial charge in [-0.25, -0.2) is 0 Å². The Kier molecular flexibility index (Phi) is 4.00. The summed E-state index contributed by atoms with van der Waals surface area (Å²) in [6.45, 7) is 0. The van der Waals surface area contributed by atoms with E-state index in [0.717, 1.165) is 25.7 Å². The highest BCUT2D eigenvalue weighted by Gasteiger charge is 2.13. The molecule has 3 rings (SSSR count). The molecule has 1 heterocycles. The molecule has 0 unspecified atom stereocenters. The number of benzene rings is 1. The zero-order chi connectivity index (χ0) is 13.8. The van der Waals surface area contributed by atoms with Crippen molar-refractivity contribution in [2.24, 2.45) is 0 Å². The number of hydrogen-bond acceptors (Lipinski definition) is 1. The maximum atomic E-state index is 11.8. The second-order valence-electron chi connectivity index (χ2n) is 5.66. The quantitative estimate of drug-likeness (QED) is 0.849. The van der Waals surface area contributed by atoms with Gasteiger partial charge >= 0.3 is 0 Å². The van der Waals surface area contributed by atoms with Crippen LogP contribution in [0, 0.1) is 0 Å². The van der Waals surface area contributed by atoms with E-state index in [4.69, 9.17) is 0 Å². The Morgan fingerprint density at radius 3 is 2.60 bits per heavy atom. The van der Waals surface area contributed by atoms with Crippen molar-refractivity contribution in [3.8, 4) is 0 Å². The van der Waals surface area contributed by atoms with Gasteiger partial charge in [-0.2, -0.15) is 0 Å². The number of nitrogens with one attached hydrogen (secondary N) is 1. The Morgan fingerprint density at radius 1 is 0.950 bits per heavy atom. The second kappa shape index (κ2) is 6.08. The Bertz CT molecular complexity index is 628. The van der Waals surface area contributed by atoms with Gasteiger partial charge in [0.05, 0.1) is 0 Å². The molecule has 1 N–H and O–H groups in total. The fourth-order valence-corrected chi connectivity index (χ4v) is 3.16. The number of fused-ring (bicyclic) bond motifs is 1. The van der Waals surface area contributed by atoms with Crippen molar-refractivity contribution in [3.05, 3.63) is 69.1 Å². The van der Waals surface area contributed by atoms with E-state index in [9.17, 15) is 4.79 Å². The van der Waals surface area contributed by atoms with Crippen LogP contribution in [-0.4, -0.2) is 4.98 Å². The van der Waals surface area contributed by atoms with Crippen molar-refractivity contribution in [2.45, 2.75) is 44.9 Å². The summed E-state index contributed by atoms with van der Waals surface area (Å²) in [5.41, 5.74) is 5.26. The van der Waals surface area contributed by atoms with Crippen molar-refractivity contribution < 1.29 is 0 Å². The first-order chi connectivity index (χ1) is 9.83. The Hall–Kier alpha value is -1.83. The molecule has 0 bridgehead atoms. The summed E-state index contributed by atoms with van der Waals surface area (Å²) in [5.74, 6) is 0. The van der Waals surface area contributed by atoms with Crippen LogP contribution in [0.2, 0.25) is 0 Å². The lowest BCUT2D eigenvalue weighted by Gasteiger charge is -2.12. The van der Waals surface area contributed by atoms with Crippen LogP contribution in [-0.2, 0) is 25.7 Å². The molecule has 0 saturated heterocycles. The van der Waals surface area contributed by atoms with E-state index in [1.807, 2.05) is 12.1 Å². The zero-order valence-corrected chi connectivity index (χ0v) is 11.8. The second-order valence-corrected chi connectivity index (χ2v) is 5.66. The van der Waals surface area contributed by atoms with Gasteiger partial charge < -0.3 is 4.98 Å². The molecule has 0 aliphatic heterocycles. The molecular formula is C18H21NO. The van der Waals surface area contributed by atoms with E-state index >= 15 is 0 Å². The molecule has 1 aliphatic rings. The number of aromatic amines is 1. The molecule has 1 aromatic carbocycles. The van der Waals surface area contributed by atoms with Crippen LogP contribution >= 0.6 is 0 Å². The van der Waals surface area contributed by atoms with Crippen molar-refractivity contribution in [3.63, 3.8) is 0 Å². The van der Waals surface area contributed by atoms with Crippen LogP contribution in [0.25, 0.3) is 0 Å². The molecule has 2 aromatic rings. The number of hydrogen-bond donors (Lipinski definition) is 1. The zero-order valence-electron chi connectivity index (χ0n) is 11.8. The van der Waals surface area contributed by atoms with E-state index in [1.165, 1.54) is 41.6 Å². The Balaban J connectivity index is 1.85. The van der Waals surface area contributed by atoms with Gasteiger partial charge in [0.25, 0.3) is 0 Å². The first-order valence-electron chi connectivity index (χ1n) is 7.61. The van der Waals surface area contributed by atoms with Gasteiger partial charge in [-0.1, -0.05) is 36.8 Å². The third kappa shape index (κ3) is 3.01. The summed E-state index contributed by atoms with van der Waals surface area (Å²) >= 11 is 0. The van der Waals surface area contributed by atoms with E-state index in [-0.39, 0.29) is 5.56 Å². The number of pyridine rings is 1. The fraction of sp³-hybridized carbons (Fsp3) is 0.389. The Labute approximate surface area is 119 Å². The fourth-order valence-electron chi connectivity index (χ4n) is 3.16. The lowest BCUT2D eigenvalue weighted by Crippen LogP contribution is -2.14. The predicted molar refractivity (Wildman–Crippen MR) is 82.2 cm³/mol. The molecule has 0 amide bonds. The first-order valence-corrected chi connectivity index (χ1v) is 7.61. The van der Waals surface area contributed by atoms with Gasteiger partial charge in [0, 0.05) is 11.8 Å². The lowest BCUT2D eigenvalue weighted by molar-refractivity contribution is 0.709. The van der Waals surface area contributed by atoms with E-state index in [1.54, 1.807) is 0 Å². The number of H-pyrrole nitrogens is 1. The average molecular weight is 267 g/mol. The van der Waals surface area contributed by atoms with E-state index in [0.29, 0.717) is 0 Å². The highest BCUT2D eigenvalue weighted by atomic mass is 16.1. The molecule has 0 spiro atoms. The van der Waals surface area contributed by atoms with Crippen molar-refractivity contribution in [1.29, 1.82) is 0 Å². The van der Waals surface area contributed by atoms with Crippen LogP contribution in [0.15, 0.2) is 41.2 Å². The maximum Gasteiger partial charge on any atom is 0.248 e. The topological polar surface area (TPSA) is 32.9 Å². The summed E-state index contributed by atoms with van der Waals surface area (Å²) in [6.07, 6.45) is 7.86. The molecule has 0 radical (unpaired) electrons. The van der Waals surface area contributed by atoms with Crippen LogP contribution in [0.3, 0.4) is 0 Å². The SMILES string of the molecule is O=c1cc2c(c(CCc3ccccc3)[nH]1)CCCCC2. The molecule has 0 saturated carbocycles. The summed E-state index contributed by atoms with van der Waals surface area (Å²) in [7, 11) is 0. The molecule has 2 heteroatoms. The molecule has 1 aliphatic carbocycles. The number of aromatic nitrogens is 1. The average Bonchev–Trinajstić information content (AvgIpc) is 2.71. The largest absolute Gasteiger partial charge is 0.326 e. The van der Waals surface area contributed by atoms with Crippen molar-refractivity contribution >= 4 is 0 Å². The summed E-state index contributed by atoms with van der Waals surface area (Å²) in [4.78, 5) is 14.9. The summed E-state index contributed by atoms with van der Waals surface area (Å²) < 4.78 is 0. The van der Waals surface area contributed by atoms with Crippen LogP contribution in [0.4, 0.5) is 0 Å². The normalized spacial score (nSPS) is 14.6. The third-order valence-electron chi connectivity index (χ3n) is 4.21. The minimum atomic E-state index is 0.0636. The molecule has 104 valence electrons. The molecule has 0 fully saturated rings. The van der Waals surface area contributed by atoms with Gasteiger partial charge in [-0.3, -0.25) is 4.79 Å². The predicted octanol–water partition coefficient (Wildman–Crippen LogP) is 3.43. The monoisotopic (exact) mass is 267 g/mol. The number of rotatable bonds is 3. The van der Waals surface area contributed by atoms with Crippen molar-refractivity contribution in [2.75, 3.05) is 0 Å². The van der Waals surface area contributed by atoms with Crippen molar-refractivity contribution in [1.82, 2.24) is 4.98 Å². The highest BCUT2D eigenvalue weighted by Crippen LogP contribution is 2.22. The molecule has 0 atom stereocenters. The lowest BCUT2D eigenvalue weighted by atomic mass is 9.98. The first kappa shape index (κ1) is 13.2. The van der Waals surface area contributed by atoms with E-state index in [2.05, 4.69) is 29.2 Å². The van der Waals surface area contributed by atoms with Gasteiger partial charge in [0.1, 0.15) is 0 Å². The molecule has 20 heavy (non-hydrogen) atoms. The van der Waals surface area contributed by atoms with Gasteiger partial charge in [-0.15, -0.1) is 0 Å². The van der Waals surface area contributed by atoms with Crippen LogP contribution in [0.5, 0.6) is 0 Å². The third-order valence-corrected chi connectivity index (χ3v) is 4.21. The van der Waals surface area contributed by atoms with Gasteiger partial charge in [0.15, 0.2) is 0 Å². The van der Waals surface area contributed by atoms with Gasteiger partial charge in [0.2, 0.25) is 5.56 Å². The summed E-state index contributed by atoms with van der Waals surface area (Å²) in [5, 5.41) is 0. The molecular weight excluding hydrogens is 246 g/mol. The Morgan fingerprint density at radius 2 is 1.75 bits per heavy atom. The minimum Gasteiger partial charge on any atom is -0.326 e. The smallest absolute Gasteiger partial charge is 0.248 e. The van der Waals surface area contributed by atoms with E-state index < -0.39 is 0 Å². The van der Waals surface area contributed by atoms with Crippen LogP contribution in [0.1, 0.15) is 41.6 Å². The van der Waals surface area contributed by atoms with Gasteiger partial charge in [-0.05, 0) is 55.2 Å². The highest BCUT2D eigenvalue weighted by molar-refractivity contribution is 5.32. The molecule has 1 aromatic heterocycles. The maximum absolute atomic E-state index is 11.8. The molecule has 2 nitrogen and oxygen atoms in total. The number of aryl methyl sites for hydroxylation is 3. The van der Waals surface area contributed by atoms with Crippen LogP contribution < -0.4 is 5.56 Å².